The molecule has 2 heterocycles. The Hall–Kier alpha value is -7.36. The van der Waals surface area contributed by atoms with Crippen molar-refractivity contribution in [3.8, 4) is 78.8 Å². The van der Waals surface area contributed by atoms with Gasteiger partial charge in [0.25, 0.3) is 0 Å². The van der Waals surface area contributed by atoms with Crippen LogP contribution in [0.25, 0.3) is 67.3 Å². The number of fused-ring (bicyclic) bond motifs is 9. The Balaban J connectivity index is 0.929. The lowest BCUT2D eigenvalue weighted by Crippen LogP contribution is -2.32. The first-order chi connectivity index (χ1) is 27.7. The molecule has 0 fully saturated rings. The van der Waals surface area contributed by atoms with Gasteiger partial charge >= 0.3 is 0 Å². The van der Waals surface area contributed by atoms with E-state index in [0.29, 0.717) is 5.82 Å². The van der Waals surface area contributed by atoms with Gasteiger partial charge in [-0.3, -0.25) is 0 Å². The Morgan fingerprint density at radius 2 is 0.732 bits per heavy atom. The van der Waals surface area contributed by atoms with Crippen LogP contribution in [-0.4, -0.2) is 9.97 Å². The average molecular weight is 715 g/mol. The SMILES string of the molecule is c1ccc(-c2cc(-c3ccccc3)nc(-c3ccc(-c4ccc(-c5ccc6c(c5)Oc5ccccc5C65c6ccccc6-c6ccccc65)cc4)cc3)n2)cc1. The van der Waals surface area contributed by atoms with E-state index in [-0.39, 0.29) is 0 Å². The molecule has 11 rings (SSSR count). The van der Waals surface area contributed by atoms with Crippen molar-refractivity contribution in [1.82, 2.24) is 9.97 Å². The second kappa shape index (κ2) is 12.9. The van der Waals surface area contributed by atoms with Gasteiger partial charge in [-0.2, -0.15) is 0 Å². The van der Waals surface area contributed by atoms with Crippen LogP contribution >= 0.6 is 0 Å². The maximum atomic E-state index is 6.75. The molecule has 1 aliphatic carbocycles. The molecule has 1 aromatic heterocycles. The zero-order chi connectivity index (χ0) is 37.1. The van der Waals surface area contributed by atoms with Crippen LogP contribution in [-0.2, 0) is 5.41 Å². The Labute approximate surface area is 326 Å². The van der Waals surface area contributed by atoms with Gasteiger partial charge in [0, 0.05) is 27.8 Å². The molecule has 0 N–H and O–H groups in total. The molecule has 3 heteroatoms. The van der Waals surface area contributed by atoms with Gasteiger partial charge in [0.2, 0.25) is 0 Å². The summed E-state index contributed by atoms with van der Waals surface area (Å²) in [5, 5.41) is 0. The van der Waals surface area contributed by atoms with Crippen LogP contribution in [0.3, 0.4) is 0 Å². The zero-order valence-electron chi connectivity index (χ0n) is 30.4. The van der Waals surface area contributed by atoms with E-state index in [1.807, 2.05) is 36.4 Å². The van der Waals surface area contributed by atoms with Crippen LogP contribution in [0.5, 0.6) is 11.5 Å². The predicted molar refractivity (Wildman–Crippen MR) is 227 cm³/mol. The highest BCUT2D eigenvalue weighted by atomic mass is 16.5. The fourth-order valence-corrected chi connectivity index (χ4v) is 8.80. The second-order valence-electron chi connectivity index (χ2n) is 14.5. The average Bonchev–Trinajstić information content (AvgIpc) is 3.57. The van der Waals surface area contributed by atoms with E-state index in [1.165, 1.54) is 33.4 Å². The van der Waals surface area contributed by atoms with Crippen LogP contribution in [0, 0.1) is 0 Å². The van der Waals surface area contributed by atoms with E-state index in [4.69, 9.17) is 14.7 Å². The van der Waals surface area contributed by atoms with Crippen molar-refractivity contribution in [2.24, 2.45) is 0 Å². The monoisotopic (exact) mass is 714 g/mol. The summed E-state index contributed by atoms with van der Waals surface area (Å²) < 4.78 is 6.75. The molecule has 0 amide bonds. The zero-order valence-corrected chi connectivity index (χ0v) is 30.4. The van der Waals surface area contributed by atoms with Crippen LogP contribution in [0.2, 0.25) is 0 Å². The summed E-state index contributed by atoms with van der Waals surface area (Å²) in [5.74, 6) is 2.49. The molecule has 0 radical (unpaired) electrons. The van der Waals surface area contributed by atoms with E-state index in [2.05, 4.69) is 170 Å². The number of nitrogens with zero attached hydrogens (tertiary/aromatic N) is 2. The number of ether oxygens (including phenoxy) is 1. The normalized spacial score (nSPS) is 12.9. The van der Waals surface area contributed by atoms with Crippen molar-refractivity contribution in [2.75, 3.05) is 0 Å². The molecular weight excluding hydrogens is 681 g/mol. The van der Waals surface area contributed by atoms with Crippen LogP contribution in [0.1, 0.15) is 22.3 Å². The van der Waals surface area contributed by atoms with Crippen LogP contribution in [0.4, 0.5) is 0 Å². The number of benzene rings is 8. The molecule has 0 saturated heterocycles. The topological polar surface area (TPSA) is 35.0 Å². The van der Waals surface area contributed by atoms with Crippen molar-refractivity contribution in [1.29, 1.82) is 0 Å². The summed E-state index contributed by atoms with van der Waals surface area (Å²) >= 11 is 0. The quantitative estimate of drug-likeness (QED) is 0.178. The van der Waals surface area contributed by atoms with E-state index >= 15 is 0 Å². The van der Waals surface area contributed by atoms with E-state index < -0.39 is 5.41 Å². The van der Waals surface area contributed by atoms with Gasteiger partial charge in [-0.25, -0.2) is 9.97 Å². The molecule has 0 saturated carbocycles. The molecule has 56 heavy (non-hydrogen) atoms. The smallest absolute Gasteiger partial charge is 0.160 e. The molecule has 0 atom stereocenters. The summed E-state index contributed by atoms with van der Waals surface area (Å²) in [6.07, 6.45) is 0. The fraction of sp³-hybridized carbons (Fsp3) is 0.0189. The second-order valence-corrected chi connectivity index (χ2v) is 14.5. The van der Waals surface area contributed by atoms with E-state index in [0.717, 1.165) is 61.8 Å². The maximum Gasteiger partial charge on any atom is 0.160 e. The van der Waals surface area contributed by atoms with Crippen molar-refractivity contribution in [3.05, 3.63) is 229 Å². The van der Waals surface area contributed by atoms with Gasteiger partial charge in [0.1, 0.15) is 11.5 Å². The Morgan fingerprint density at radius 3 is 1.30 bits per heavy atom. The Morgan fingerprint density at radius 1 is 0.304 bits per heavy atom. The first kappa shape index (κ1) is 32.1. The number of aromatic nitrogens is 2. The minimum absolute atomic E-state index is 0.455. The van der Waals surface area contributed by atoms with Crippen molar-refractivity contribution >= 4 is 0 Å². The van der Waals surface area contributed by atoms with Crippen molar-refractivity contribution < 1.29 is 4.74 Å². The first-order valence-corrected chi connectivity index (χ1v) is 19.1. The van der Waals surface area contributed by atoms with Crippen molar-refractivity contribution in [2.45, 2.75) is 5.41 Å². The third-order valence-corrected chi connectivity index (χ3v) is 11.4. The van der Waals surface area contributed by atoms with Gasteiger partial charge in [0.15, 0.2) is 5.82 Å². The standard InChI is InChI=1S/C53H34N2O/c1-3-13-38(14-4-1)48-34-49(39-15-5-2-6-16-39)55-52(54-48)40-29-27-36(28-30-40)35-23-25-37(26-24-35)41-31-32-47-51(33-41)56-50-22-12-11-21-46(50)53(47)44-19-9-7-17-42(44)43-18-8-10-20-45(43)53/h1-34H. The Bertz CT molecular complexity index is 2810. The van der Waals surface area contributed by atoms with Gasteiger partial charge in [0.05, 0.1) is 16.8 Å². The lowest BCUT2D eigenvalue weighted by Gasteiger charge is -2.39. The molecule has 1 spiro atoms. The van der Waals surface area contributed by atoms with Gasteiger partial charge in [-0.1, -0.05) is 188 Å². The predicted octanol–water partition coefficient (Wildman–Crippen LogP) is 13.3. The highest BCUT2D eigenvalue weighted by Gasteiger charge is 2.50. The molecule has 0 unspecified atom stereocenters. The summed E-state index contributed by atoms with van der Waals surface area (Å²) in [6.45, 7) is 0. The summed E-state index contributed by atoms with van der Waals surface area (Å²) in [7, 11) is 0. The fourth-order valence-electron chi connectivity index (χ4n) is 8.80. The lowest BCUT2D eigenvalue weighted by atomic mass is 9.66. The number of hydrogen-bond donors (Lipinski definition) is 0. The van der Waals surface area contributed by atoms with E-state index in [9.17, 15) is 0 Å². The molecule has 1 aliphatic heterocycles. The lowest BCUT2D eigenvalue weighted by molar-refractivity contribution is 0.436. The Kier molecular flexibility index (Phi) is 7.39. The molecule has 3 nitrogen and oxygen atoms in total. The highest BCUT2D eigenvalue weighted by Crippen LogP contribution is 2.62. The largest absolute Gasteiger partial charge is 0.457 e. The molecule has 9 aromatic rings. The van der Waals surface area contributed by atoms with Gasteiger partial charge in [-0.05, 0) is 62.7 Å². The molecule has 2 aliphatic rings. The minimum Gasteiger partial charge on any atom is -0.457 e. The number of para-hydroxylation sites is 1. The third-order valence-electron chi connectivity index (χ3n) is 11.4. The summed E-state index contributed by atoms with van der Waals surface area (Å²) in [5.41, 5.74) is 16.5. The van der Waals surface area contributed by atoms with Crippen LogP contribution in [0.15, 0.2) is 206 Å². The van der Waals surface area contributed by atoms with Gasteiger partial charge < -0.3 is 4.74 Å². The molecular formula is C53H34N2O. The first-order valence-electron chi connectivity index (χ1n) is 19.1. The van der Waals surface area contributed by atoms with E-state index in [1.54, 1.807) is 0 Å². The molecule has 8 aromatic carbocycles. The molecule has 0 bridgehead atoms. The minimum atomic E-state index is -0.455. The highest BCUT2D eigenvalue weighted by molar-refractivity contribution is 5.89. The number of rotatable bonds is 5. The van der Waals surface area contributed by atoms with Gasteiger partial charge in [-0.15, -0.1) is 0 Å². The van der Waals surface area contributed by atoms with Crippen LogP contribution < -0.4 is 4.74 Å². The number of hydrogen-bond acceptors (Lipinski definition) is 3. The summed E-state index contributed by atoms with van der Waals surface area (Å²) in [4.78, 5) is 10.0. The third kappa shape index (κ3) is 5.05. The van der Waals surface area contributed by atoms with Crippen molar-refractivity contribution in [3.63, 3.8) is 0 Å². The maximum absolute atomic E-state index is 6.75. The molecule has 262 valence electrons. The summed E-state index contributed by atoms with van der Waals surface area (Å²) in [6, 6.07) is 73.0.